The van der Waals surface area contributed by atoms with Crippen LogP contribution in [0.1, 0.15) is 37.3 Å². The molecule has 16 heavy (non-hydrogen) atoms. The molecule has 0 amide bonds. The molecule has 2 saturated carbocycles. The fourth-order valence-electron chi connectivity index (χ4n) is 5.10. The van der Waals surface area contributed by atoms with E-state index in [2.05, 4.69) is 38.1 Å². The Hall–Kier alpha value is -0.780. The predicted molar refractivity (Wildman–Crippen MR) is 66.3 cm³/mol. The second-order valence-corrected chi connectivity index (χ2v) is 6.41. The van der Waals surface area contributed by atoms with Crippen molar-refractivity contribution in [3.05, 3.63) is 35.4 Å². The smallest absolute Gasteiger partial charge is 0.00936 e. The molecule has 0 aromatic heterocycles. The van der Waals surface area contributed by atoms with E-state index < -0.39 is 0 Å². The minimum atomic E-state index is 0.939. The van der Waals surface area contributed by atoms with E-state index in [1.54, 1.807) is 11.1 Å². The first kappa shape index (κ1) is 9.27. The van der Waals surface area contributed by atoms with E-state index in [1.807, 2.05) is 0 Å². The highest BCUT2D eigenvalue weighted by molar-refractivity contribution is 5.41. The Morgan fingerprint density at radius 2 is 1.88 bits per heavy atom. The molecule has 0 radical (unpaired) electrons. The van der Waals surface area contributed by atoms with Crippen LogP contribution in [0, 0.1) is 29.6 Å². The van der Waals surface area contributed by atoms with Crippen molar-refractivity contribution in [3.8, 4) is 0 Å². The van der Waals surface area contributed by atoms with Crippen molar-refractivity contribution in [2.24, 2.45) is 29.6 Å². The topological polar surface area (TPSA) is 0 Å². The largest absolute Gasteiger partial charge is 0.0622 e. The monoisotopic (exact) mass is 212 g/mol. The maximum Gasteiger partial charge on any atom is -0.00936 e. The summed E-state index contributed by atoms with van der Waals surface area (Å²) in [6.07, 6.45) is 2.86. The lowest BCUT2D eigenvalue weighted by Crippen LogP contribution is -2.41. The van der Waals surface area contributed by atoms with E-state index in [0.717, 1.165) is 35.5 Å². The molecule has 0 saturated heterocycles. The van der Waals surface area contributed by atoms with Gasteiger partial charge in [0.05, 0.1) is 0 Å². The van der Waals surface area contributed by atoms with Crippen LogP contribution in [0.2, 0.25) is 0 Å². The zero-order valence-electron chi connectivity index (χ0n) is 10.2. The lowest BCUT2D eigenvalue weighted by atomic mass is 9.57. The standard InChI is InChI=1S/C16H20/c1-9-7-13-15(10(9)2)14-8-11-5-3-4-6-12(11)16(13)14/h3-6,9-10,13-16H,7-8H2,1-2H3/t9-,10-,13+,14-,15-,16+/m1/s1. The third kappa shape index (κ3) is 0.924. The molecule has 0 nitrogen and oxygen atoms in total. The molecule has 4 rings (SSSR count). The van der Waals surface area contributed by atoms with Crippen LogP contribution in [0.25, 0.3) is 0 Å². The maximum absolute atomic E-state index is 2.49. The van der Waals surface area contributed by atoms with Gasteiger partial charge in [0.2, 0.25) is 0 Å². The van der Waals surface area contributed by atoms with E-state index in [4.69, 9.17) is 0 Å². The Morgan fingerprint density at radius 1 is 1.06 bits per heavy atom. The lowest BCUT2D eigenvalue weighted by molar-refractivity contribution is 0.0482. The van der Waals surface area contributed by atoms with Gasteiger partial charge in [0, 0.05) is 0 Å². The number of hydrogen-bond acceptors (Lipinski definition) is 0. The average Bonchev–Trinajstić information content (AvgIpc) is 2.71. The normalized spacial score (nSPS) is 48.1. The molecule has 3 aliphatic carbocycles. The Labute approximate surface area is 98.1 Å². The molecule has 0 bridgehead atoms. The highest BCUT2D eigenvalue weighted by Gasteiger charge is 2.59. The SMILES string of the molecule is C[C@H]1[C@@H]2[C@H](C[C@H]1C)[C@@H]1c3ccccc3C[C@@H]12. The van der Waals surface area contributed by atoms with E-state index in [1.165, 1.54) is 12.8 Å². The van der Waals surface area contributed by atoms with Gasteiger partial charge in [0.1, 0.15) is 0 Å². The van der Waals surface area contributed by atoms with Crippen molar-refractivity contribution in [1.82, 2.24) is 0 Å². The third-order valence-electron chi connectivity index (χ3n) is 5.93. The van der Waals surface area contributed by atoms with E-state index in [9.17, 15) is 0 Å². The number of benzene rings is 1. The summed E-state index contributed by atoms with van der Waals surface area (Å²) in [7, 11) is 0. The van der Waals surface area contributed by atoms with Crippen molar-refractivity contribution in [1.29, 1.82) is 0 Å². The Kier molecular flexibility index (Phi) is 1.69. The molecule has 0 heteroatoms. The molecule has 0 N–H and O–H groups in total. The minimum Gasteiger partial charge on any atom is -0.0622 e. The van der Waals surface area contributed by atoms with E-state index in [0.29, 0.717) is 0 Å². The fourth-order valence-corrected chi connectivity index (χ4v) is 5.10. The number of rotatable bonds is 0. The molecule has 0 heterocycles. The molecule has 0 spiro atoms. The van der Waals surface area contributed by atoms with Crippen LogP contribution in [0.4, 0.5) is 0 Å². The number of fused-ring (bicyclic) bond motifs is 6. The van der Waals surface area contributed by atoms with Crippen LogP contribution >= 0.6 is 0 Å². The highest BCUT2D eigenvalue weighted by Crippen LogP contribution is 2.67. The lowest BCUT2D eigenvalue weighted by Gasteiger charge is -2.47. The summed E-state index contributed by atoms with van der Waals surface area (Å²) in [5.74, 6) is 5.95. The van der Waals surface area contributed by atoms with Crippen molar-refractivity contribution in [2.45, 2.75) is 32.6 Å². The van der Waals surface area contributed by atoms with Gasteiger partial charge in [-0.1, -0.05) is 38.1 Å². The van der Waals surface area contributed by atoms with Gasteiger partial charge in [-0.25, -0.2) is 0 Å². The summed E-state index contributed by atoms with van der Waals surface area (Å²) in [5, 5.41) is 0. The van der Waals surface area contributed by atoms with E-state index in [-0.39, 0.29) is 0 Å². The van der Waals surface area contributed by atoms with Gasteiger partial charge >= 0.3 is 0 Å². The Morgan fingerprint density at radius 3 is 2.75 bits per heavy atom. The van der Waals surface area contributed by atoms with Gasteiger partial charge in [-0.3, -0.25) is 0 Å². The van der Waals surface area contributed by atoms with Crippen LogP contribution in [0.5, 0.6) is 0 Å². The maximum atomic E-state index is 2.49. The van der Waals surface area contributed by atoms with Crippen LogP contribution in [-0.4, -0.2) is 0 Å². The molecule has 0 unspecified atom stereocenters. The molecular formula is C16H20. The second kappa shape index (κ2) is 2.91. The molecule has 6 atom stereocenters. The van der Waals surface area contributed by atoms with Gasteiger partial charge in [-0.2, -0.15) is 0 Å². The van der Waals surface area contributed by atoms with Crippen LogP contribution in [0.3, 0.4) is 0 Å². The Bertz CT molecular complexity index is 427. The summed E-state index contributed by atoms with van der Waals surface area (Å²) >= 11 is 0. The number of hydrogen-bond donors (Lipinski definition) is 0. The summed E-state index contributed by atoms with van der Waals surface area (Å²) < 4.78 is 0. The molecule has 0 aliphatic heterocycles. The van der Waals surface area contributed by atoms with Gasteiger partial charge in [0.15, 0.2) is 0 Å². The highest BCUT2D eigenvalue weighted by atomic mass is 14.6. The van der Waals surface area contributed by atoms with Crippen LogP contribution in [-0.2, 0) is 6.42 Å². The van der Waals surface area contributed by atoms with Gasteiger partial charge in [0.25, 0.3) is 0 Å². The molecular weight excluding hydrogens is 192 g/mol. The average molecular weight is 212 g/mol. The molecule has 84 valence electrons. The first-order valence-corrected chi connectivity index (χ1v) is 6.85. The quantitative estimate of drug-likeness (QED) is 0.612. The van der Waals surface area contributed by atoms with Crippen molar-refractivity contribution < 1.29 is 0 Å². The fraction of sp³-hybridized carbons (Fsp3) is 0.625. The summed E-state index contributed by atoms with van der Waals surface area (Å²) in [5.41, 5.74) is 3.36. The van der Waals surface area contributed by atoms with Gasteiger partial charge in [-0.05, 0) is 59.5 Å². The Balaban J connectivity index is 1.74. The summed E-state index contributed by atoms with van der Waals surface area (Å²) in [4.78, 5) is 0. The first-order chi connectivity index (χ1) is 7.77. The molecule has 1 aromatic rings. The zero-order valence-corrected chi connectivity index (χ0v) is 10.2. The predicted octanol–water partition coefficient (Wildman–Crippen LogP) is 3.86. The summed E-state index contributed by atoms with van der Waals surface area (Å²) in [6, 6.07) is 9.20. The minimum absolute atomic E-state index is 0.939. The van der Waals surface area contributed by atoms with E-state index >= 15 is 0 Å². The summed E-state index contributed by atoms with van der Waals surface area (Å²) in [6.45, 7) is 4.96. The zero-order chi connectivity index (χ0) is 10.9. The van der Waals surface area contributed by atoms with Crippen LogP contribution < -0.4 is 0 Å². The van der Waals surface area contributed by atoms with Crippen LogP contribution in [0.15, 0.2) is 24.3 Å². The molecule has 2 fully saturated rings. The van der Waals surface area contributed by atoms with Crippen molar-refractivity contribution in [3.63, 3.8) is 0 Å². The second-order valence-electron chi connectivity index (χ2n) is 6.41. The third-order valence-corrected chi connectivity index (χ3v) is 5.93. The van der Waals surface area contributed by atoms with Crippen molar-refractivity contribution in [2.75, 3.05) is 0 Å². The van der Waals surface area contributed by atoms with Crippen molar-refractivity contribution >= 4 is 0 Å². The van der Waals surface area contributed by atoms with Gasteiger partial charge < -0.3 is 0 Å². The molecule has 3 aliphatic rings. The van der Waals surface area contributed by atoms with Gasteiger partial charge in [-0.15, -0.1) is 0 Å². The molecule has 1 aromatic carbocycles. The first-order valence-electron chi connectivity index (χ1n) is 6.85.